The number of allylic oxidation sites excluding steroid dienone is 1. The van der Waals surface area contributed by atoms with E-state index in [0.29, 0.717) is 33.8 Å². The van der Waals surface area contributed by atoms with Gasteiger partial charge in [0.15, 0.2) is 5.60 Å². The molecule has 8 nitrogen and oxygen atoms in total. The van der Waals surface area contributed by atoms with E-state index >= 15 is 0 Å². The van der Waals surface area contributed by atoms with Gasteiger partial charge in [-0.25, -0.2) is 4.79 Å². The second kappa shape index (κ2) is 17.2. The average molecular weight is 632 g/mol. The summed E-state index contributed by atoms with van der Waals surface area (Å²) in [5.74, 6) is 0.408. The number of hydrogen-bond acceptors (Lipinski definition) is 8. The summed E-state index contributed by atoms with van der Waals surface area (Å²) >= 11 is 0. The summed E-state index contributed by atoms with van der Waals surface area (Å²) in [6.45, 7) is 2.08. The number of rotatable bonds is 15. The Balaban J connectivity index is 0.000000214. The highest BCUT2D eigenvalue weighted by molar-refractivity contribution is 5.97. The summed E-state index contributed by atoms with van der Waals surface area (Å²) in [6.07, 6.45) is 18.8. The van der Waals surface area contributed by atoms with Gasteiger partial charge in [-0.3, -0.25) is 0 Å². The Morgan fingerprint density at radius 3 is 1.89 bits per heavy atom. The summed E-state index contributed by atoms with van der Waals surface area (Å²) in [5.41, 5.74) is 6.80. The summed E-state index contributed by atoms with van der Waals surface area (Å²) in [6, 6.07) is 16.0. The van der Waals surface area contributed by atoms with Crippen molar-refractivity contribution in [3.05, 3.63) is 95.1 Å². The third-order valence-corrected chi connectivity index (χ3v) is 8.64. The number of esters is 1. The van der Waals surface area contributed by atoms with Crippen LogP contribution in [0.1, 0.15) is 111 Å². The first-order valence-corrected chi connectivity index (χ1v) is 16.7. The van der Waals surface area contributed by atoms with Gasteiger partial charge in [0.25, 0.3) is 0 Å². The predicted octanol–water partition coefficient (Wildman–Crippen LogP) is 7.59. The number of carbonyl (C=O) groups excluding carboxylic acids is 1. The summed E-state index contributed by atoms with van der Waals surface area (Å²) in [4.78, 5) is 12.5. The zero-order chi connectivity index (χ0) is 32.9. The van der Waals surface area contributed by atoms with E-state index in [1.165, 1.54) is 94.9 Å². The smallest absolute Gasteiger partial charge is 0.340 e. The highest BCUT2D eigenvalue weighted by Gasteiger charge is 2.53. The van der Waals surface area contributed by atoms with Crippen molar-refractivity contribution in [2.24, 2.45) is 5.73 Å². The second-order valence-corrected chi connectivity index (χ2v) is 12.2. The van der Waals surface area contributed by atoms with Crippen molar-refractivity contribution in [1.82, 2.24) is 0 Å². The summed E-state index contributed by atoms with van der Waals surface area (Å²) in [5, 5.41) is 38.0. The van der Waals surface area contributed by atoms with Gasteiger partial charge in [0.05, 0.1) is 24.3 Å². The summed E-state index contributed by atoms with van der Waals surface area (Å²) < 4.78 is 11.8. The van der Waals surface area contributed by atoms with Gasteiger partial charge in [-0.2, -0.15) is 0 Å². The topological polar surface area (TPSA) is 142 Å². The van der Waals surface area contributed by atoms with Gasteiger partial charge in [-0.15, -0.1) is 0 Å². The van der Waals surface area contributed by atoms with Gasteiger partial charge < -0.3 is 35.6 Å². The van der Waals surface area contributed by atoms with Gasteiger partial charge in [0, 0.05) is 28.8 Å². The number of fused-ring (bicyclic) bond motifs is 6. The zero-order valence-corrected chi connectivity index (χ0v) is 26.9. The molecule has 0 aromatic heterocycles. The Hall–Kier alpha value is -3.85. The normalized spacial score (nSPS) is 15.3. The van der Waals surface area contributed by atoms with Crippen molar-refractivity contribution in [2.45, 2.75) is 102 Å². The Kier molecular flexibility index (Phi) is 13.1. The molecule has 3 aromatic carbocycles. The number of aliphatic hydroxyl groups excluding tert-OH is 2. The molecule has 46 heavy (non-hydrogen) atoms. The van der Waals surface area contributed by atoms with Crippen molar-refractivity contribution in [3.8, 4) is 23.0 Å². The monoisotopic (exact) mass is 631 g/mol. The lowest BCUT2D eigenvalue weighted by molar-refractivity contribution is 0.0224. The number of carbonyl (C=O) groups is 1. The van der Waals surface area contributed by atoms with Crippen molar-refractivity contribution in [3.63, 3.8) is 0 Å². The van der Waals surface area contributed by atoms with Crippen LogP contribution in [-0.2, 0) is 10.3 Å². The fourth-order valence-electron chi connectivity index (χ4n) is 6.07. The number of phenols is 2. The maximum absolute atomic E-state index is 12.5. The van der Waals surface area contributed by atoms with E-state index in [1.807, 2.05) is 18.2 Å². The zero-order valence-electron chi connectivity index (χ0n) is 26.9. The molecule has 0 saturated heterocycles. The number of aliphatic hydroxyl groups is 2. The van der Waals surface area contributed by atoms with Crippen molar-refractivity contribution < 1.29 is 34.7 Å². The lowest BCUT2D eigenvalue weighted by Crippen LogP contribution is -2.36. The van der Waals surface area contributed by atoms with Crippen LogP contribution in [0.4, 0.5) is 0 Å². The minimum absolute atomic E-state index is 0.0371. The third-order valence-electron chi connectivity index (χ3n) is 8.64. The highest BCUT2D eigenvalue weighted by atomic mass is 16.6. The fraction of sp³-hybridized carbons (Fsp3) is 0.447. The largest absolute Gasteiger partial charge is 0.508 e. The molecule has 0 aliphatic carbocycles. The molecule has 0 fully saturated rings. The maximum Gasteiger partial charge on any atom is 0.340 e. The van der Waals surface area contributed by atoms with E-state index < -0.39 is 23.7 Å². The molecular formula is C38H49NO7. The number of aromatic hydroxyl groups is 2. The standard InChI is InChI=1S/C20H12O5.C18H37NO2/c21-11-5-7-15-17(9-11)24-18-10-12(22)6-8-16(18)20(15)14-4-2-1-3-13(14)19(23)25-20;1-2-3-4-5-6-7-8-9-10-11-12-13-14-15-18(21)17(19)16-20/h1-10,21-22H;14-15,17-18,20-21H,2-13,16,19H2,1H3/b;15-14+/t;17-,18+/m.0/s1. The molecule has 6 N–H and O–H groups in total. The van der Waals surface area contributed by atoms with E-state index in [-0.39, 0.29) is 18.1 Å². The van der Waals surface area contributed by atoms with Gasteiger partial charge >= 0.3 is 5.97 Å². The maximum atomic E-state index is 12.5. The molecule has 2 aliphatic heterocycles. The Labute approximate surface area is 272 Å². The molecule has 248 valence electrons. The van der Waals surface area contributed by atoms with Crippen LogP contribution < -0.4 is 10.5 Å². The third kappa shape index (κ3) is 8.49. The van der Waals surface area contributed by atoms with Crippen molar-refractivity contribution in [1.29, 1.82) is 0 Å². The van der Waals surface area contributed by atoms with Crippen LogP contribution in [0.5, 0.6) is 23.0 Å². The lowest BCUT2D eigenvalue weighted by Gasteiger charge is -2.36. The van der Waals surface area contributed by atoms with Crippen LogP contribution in [-0.4, -0.2) is 45.1 Å². The van der Waals surface area contributed by atoms with E-state index in [4.69, 9.17) is 20.3 Å². The van der Waals surface area contributed by atoms with Crippen LogP contribution in [0.25, 0.3) is 0 Å². The molecule has 0 radical (unpaired) electrons. The Morgan fingerprint density at radius 2 is 1.33 bits per heavy atom. The minimum atomic E-state index is -1.17. The minimum Gasteiger partial charge on any atom is -0.508 e. The predicted molar refractivity (Wildman–Crippen MR) is 179 cm³/mol. The molecule has 2 aliphatic rings. The average Bonchev–Trinajstić information content (AvgIpc) is 3.35. The molecule has 3 aromatic rings. The molecule has 2 atom stereocenters. The second-order valence-electron chi connectivity index (χ2n) is 12.2. The van der Waals surface area contributed by atoms with Gasteiger partial charge in [-0.05, 0) is 43.2 Å². The van der Waals surface area contributed by atoms with Gasteiger partial charge in [0.2, 0.25) is 0 Å². The Bertz CT molecular complexity index is 1400. The molecule has 0 saturated carbocycles. The van der Waals surface area contributed by atoms with Crippen molar-refractivity contribution >= 4 is 5.97 Å². The number of phenolic OH excluding ortho intramolecular Hbond substituents is 2. The fourth-order valence-corrected chi connectivity index (χ4v) is 6.07. The van der Waals surface area contributed by atoms with Crippen LogP contribution >= 0.6 is 0 Å². The lowest BCUT2D eigenvalue weighted by atomic mass is 9.77. The van der Waals surface area contributed by atoms with Crippen LogP contribution in [0.15, 0.2) is 72.8 Å². The first-order valence-electron chi connectivity index (χ1n) is 16.7. The molecule has 8 heteroatoms. The van der Waals surface area contributed by atoms with Crippen LogP contribution in [0.3, 0.4) is 0 Å². The van der Waals surface area contributed by atoms with E-state index in [0.717, 1.165) is 6.42 Å². The summed E-state index contributed by atoms with van der Waals surface area (Å²) in [7, 11) is 0. The molecule has 0 amide bonds. The number of unbranched alkanes of at least 4 members (excludes halogenated alkanes) is 11. The van der Waals surface area contributed by atoms with Gasteiger partial charge in [0.1, 0.15) is 23.0 Å². The highest BCUT2D eigenvalue weighted by Crippen LogP contribution is 2.56. The molecule has 0 bridgehead atoms. The van der Waals surface area contributed by atoms with E-state index in [9.17, 15) is 20.1 Å². The van der Waals surface area contributed by atoms with Crippen LogP contribution in [0, 0.1) is 0 Å². The number of ether oxygens (including phenoxy) is 2. The van der Waals surface area contributed by atoms with Crippen LogP contribution in [0.2, 0.25) is 0 Å². The molecule has 2 heterocycles. The number of nitrogens with two attached hydrogens (primary N) is 1. The Morgan fingerprint density at radius 1 is 0.783 bits per heavy atom. The molecule has 0 unspecified atom stereocenters. The quantitative estimate of drug-likeness (QED) is 0.0656. The SMILES string of the molecule is CCCCCCCCCCCCC/C=C/[C@@H](O)[C@@H](N)CO.O=C1OC2(c3ccc(O)cc3Oc3cc(O)ccc32)c2ccccc21. The van der Waals surface area contributed by atoms with E-state index in [2.05, 4.69) is 6.92 Å². The van der Waals surface area contributed by atoms with Crippen molar-refractivity contribution in [2.75, 3.05) is 6.61 Å². The number of hydrogen-bond donors (Lipinski definition) is 5. The molecule has 5 rings (SSSR count). The molecular weight excluding hydrogens is 582 g/mol. The first kappa shape index (κ1) is 35.0. The first-order chi connectivity index (χ1) is 22.3. The van der Waals surface area contributed by atoms with Gasteiger partial charge in [-0.1, -0.05) is 101 Å². The molecule has 1 spiro atoms. The number of benzene rings is 3. The van der Waals surface area contributed by atoms with E-state index in [1.54, 1.807) is 30.3 Å².